The zero-order valence-electron chi connectivity index (χ0n) is 17.9. The third-order valence-electron chi connectivity index (χ3n) is 5.01. The van der Waals surface area contributed by atoms with Crippen LogP contribution in [-0.2, 0) is 11.3 Å². The fourth-order valence-electron chi connectivity index (χ4n) is 3.30. The van der Waals surface area contributed by atoms with Gasteiger partial charge in [-0.1, -0.05) is 18.2 Å². The summed E-state index contributed by atoms with van der Waals surface area (Å²) >= 11 is 0. The van der Waals surface area contributed by atoms with Crippen LogP contribution in [0.25, 0.3) is 5.69 Å². The number of nitrogens with zero attached hydrogens (tertiary/aromatic N) is 7. The monoisotopic (exact) mass is 422 g/mol. The Morgan fingerprint density at radius 3 is 2.58 bits per heavy atom. The molecule has 1 amide bonds. The molecule has 1 fully saturated rings. The van der Waals surface area contributed by atoms with Crippen LogP contribution in [0.3, 0.4) is 0 Å². The van der Waals surface area contributed by atoms with Crippen molar-refractivity contribution in [1.29, 1.82) is 0 Å². The molecule has 31 heavy (non-hydrogen) atoms. The molecule has 1 aliphatic rings. The summed E-state index contributed by atoms with van der Waals surface area (Å²) in [5, 5.41) is 7.27. The van der Waals surface area contributed by atoms with Crippen LogP contribution in [-0.4, -0.2) is 71.0 Å². The minimum Gasteiger partial charge on any atom is -0.378 e. The van der Waals surface area contributed by atoms with Crippen LogP contribution >= 0.6 is 0 Å². The predicted octanol–water partition coefficient (Wildman–Crippen LogP) is 1.20. The highest BCUT2D eigenvalue weighted by Gasteiger charge is 2.19. The summed E-state index contributed by atoms with van der Waals surface area (Å²) in [6.07, 6.45) is 1.58. The van der Waals surface area contributed by atoms with E-state index >= 15 is 0 Å². The summed E-state index contributed by atoms with van der Waals surface area (Å²) < 4.78 is 7.16. The highest BCUT2D eigenvalue weighted by molar-refractivity contribution is 5.95. The van der Waals surface area contributed by atoms with Crippen LogP contribution in [0.1, 0.15) is 21.9 Å². The molecule has 1 aliphatic heterocycles. The third-order valence-corrected chi connectivity index (χ3v) is 5.01. The van der Waals surface area contributed by atoms with Crippen LogP contribution < -0.4 is 15.1 Å². The van der Waals surface area contributed by atoms with E-state index in [0.717, 1.165) is 24.5 Å². The lowest BCUT2D eigenvalue weighted by Gasteiger charge is -2.27. The maximum absolute atomic E-state index is 12.8. The second-order valence-corrected chi connectivity index (χ2v) is 7.42. The molecule has 0 atom stereocenters. The van der Waals surface area contributed by atoms with Gasteiger partial charge in [-0.15, -0.1) is 0 Å². The second kappa shape index (κ2) is 9.09. The van der Waals surface area contributed by atoms with Crippen LogP contribution in [0.5, 0.6) is 0 Å². The van der Waals surface area contributed by atoms with Crippen molar-refractivity contribution < 1.29 is 9.53 Å². The SMILES string of the molecule is Cc1c(C(=O)NCc2nc(N(C)C)nc(N3CCOCC3)n2)cnn1-c1ccccc1. The van der Waals surface area contributed by atoms with Gasteiger partial charge in [-0.2, -0.15) is 20.1 Å². The normalized spacial score (nSPS) is 13.8. The smallest absolute Gasteiger partial charge is 0.255 e. The zero-order chi connectivity index (χ0) is 21.8. The second-order valence-electron chi connectivity index (χ2n) is 7.42. The van der Waals surface area contributed by atoms with Crippen LogP contribution in [0.15, 0.2) is 36.5 Å². The lowest BCUT2D eigenvalue weighted by Crippen LogP contribution is -2.38. The average Bonchev–Trinajstić information content (AvgIpc) is 3.19. The first kappa shape index (κ1) is 20.7. The number of benzene rings is 1. The van der Waals surface area contributed by atoms with Crippen LogP contribution in [0.4, 0.5) is 11.9 Å². The summed E-state index contributed by atoms with van der Waals surface area (Å²) in [6.45, 7) is 4.79. The van der Waals surface area contributed by atoms with Gasteiger partial charge in [0.2, 0.25) is 11.9 Å². The number of carbonyl (C=O) groups excluding carboxylic acids is 1. The Labute approximate surface area is 180 Å². The fourth-order valence-corrected chi connectivity index (χ4v) is 3.30. The molecular weight excluding hydrogens is 396 g/mol. The molecule has 0 bridgehead atoms. The number of aromatic nitrogens is 5. The predicted molar refractivity (Wildman–Crippen MR) is 117 cm³/mol. The van der Waals surface area contributed by atoms with E-state index in [0.29, 0.717) is 36.5 Å². The van der Waals surface area contributed by atoms with E-state index in [1.807, 2.05) is 56.3 Å². The van der Waals surface area contributed by atoms with Gasteiger partial charge in [0.05, 0.1) is 42.9 Å². The summed E-state index contributed by atoms with van der Waals surface area (Å²) in [7, 11) is 3.75. The standard InChI is InChI=1S/C21H26N8O2/c1-15-17(13-23-29(15)16-7-5-4-6-8-16)19(30)22-14-18-24-20(27(2)3)26-21(25-18)28-9-11-31-12-10-28/h4-8,13H,9-12,14H2,1-3H3,(H,22,30). The van der Waals surface area contributed by atoms with Gasteiger partial charge in [-0.3, -0.25) is 4.79 Å². The molecule has 0 spiro atoms. The molecule has 0 unspecified atom stereocenters. The largest absolute Gasteiger partial charge is 0.378 e. The van der Waals surface area contributed by atoms with Crippen molar-refractivity contribution in [3.8, 4) is 5.69 Å². The van der Waals surface area contributed by atoms with E-state index in [2.05, 4.69) is 30.3 Å². The summed E-state index contributed by atoms with van der Waals surface area (Å²) in [6, 6.07) is 9.71. The van der Waals surface area contributed by atoms with Crippen molar-refractivity contribution in [2.45, 2.75) is 13.5 Å². The average molecular weight is 422 g/mol. The molecule has 1 aromatic carbocycles. The van der Waals surface area contributed by atoms with Gasteiger partial charge in [0.1, 0.15) is 0 Å². The van der Waals surface area contributed by atoms with E-state index in [9.17, 15) is 4.79 Å². The lowest BCUT2D eigenvalue weighted by atomic mass is 10.2. The molecule has 0 aliphatic carbocycles. The van der Waals surface area contributed by atoms with E-state index in [-0.39, 0.29) is 12.5 Å². The molecule has 2 aromatic heterocycles. The zero-order valence-corrected chi connectivity index (χ0v) is 17.9. The molecule has 162 valence electrons. The fraction of sp³-hybridized carbons (Fsp3) is 0.381. The summed E-state index contributed by atoms with van der Waals surface area (Å²) in [5.74, 6) is 1.43. The molecule has 10 heteroatoms. The minimum atomic E-state index is -0.223. The van der Waals surface area contributed by atoms with Gasteiger partial charge < -0.3 is 19.9 Å². The number of morpholine rings is 1. The van der Waals surface area contributed by atoms with Crippen molar-refractivity contribution in [1.82, 2.24) is 30.0 Å². The van der Waals surface area contributed by atoms with Crippen LogP contribution in [0, 0.1) is 6.92 Å². The van der Waals surface area contributed by atoms with E-state index < -0.39 is 0 Å². The van der Waals surface area contributed by atoms with Crippen molar-refractivity contribution in [2.24, 2.45) is 0 Å². The van der Waals surface area contributed by atoms with Crippen LogP contribution in [0.2, 0.25) is 0 Å². The number of anilines is 2. The van der Waals surface area contributed by atoms with Crippen molar-refractivity contribution >= 4 is 17.8 Å². The van der Waals surface area contributed by atoms with E-state index in [1.165, 1.54) is 0 Å². The Morgan fingerprint density at radius 2 is 1.87 bits per heavy atom. The molecular formula is C21H26N8O2. The number of nitrogens with one attached hydrogen (secondary N) is 1. The molecule has 10 nitrogen and oxygen atoms in total. The Hall–Kier alpha value is -3.53. The summed E-state index contributed by atoms with van der Waals surface area (Å²) in [5.41, 5.74) is 2.18. The van der Waals surface area contributed by atoms with Gasteiger partial charge in [0.25, 0.3) is 5.91 Å². The number of para-hydroxylation sites is 1. The number of ether oxygens (including phenoxy) is 1. The maximum Gasteiger partial charge on any atom is 0.255 e. The minimum absolute atomic E-state index is 0.190. The molecule has 3 aromatic rings. The maximum atomic E-state index is 12.8. The number of rotatable bonds is 6. The first-order valence-electron chi connectivity index (χ1n) is 10.2. The Kier molecular flexibility index (Phi) is 6.08. The number of amides is 1. The highest BCUT2D eigenvalue weighted by Crippen LogP contribution is 2.16. The van der Waals surface area contributed by atoms with Gasteiger partial charge in [-0.25, -0.2) is 4.68 Å². The number of hydrogen-bond acceptors (Lipinski definition) is 8. The van der Waals surface area contributed by atoms with E-state index in [1.54, 1.807) is 10.9 Å². The topological polar surface area (TPSA) is 101 Å². The lowest BCUT2D eigenvalue weighted by molar-refractivity contribution is 0.0949. The number of carbonyl (C=O) groups is 1. The van der Waals surface area contributed by atoms with Gasteiger partial charge in [0.15, 0.2) is 5.82 Å². The molecule has 0 saturated carbocycles. The molecule has 1 N–H and O–H groups in total. The molecule has 0 radical (unpaired) electrons. The first-order valence-corrected chi connectivity index (χ1v) is 10.2. The summed E-state index contributed by atoms with van der Waals surface area (Å²) in [4.78, 5) is 30.3. The molecule has 3 heterocycles. The Morgan fingerprint density at radius 1 is 1.13 bits per heavy atom. The van der Waals surface area contributed by atoms with Gasteiger partial charge in [0, 0.05) is 27.2 Å². The quantitative estimate of drug-likeness (QED) is 0.632. The highest BCUT2D eigenvalue weighted by atomic mass is 16.5. The van der Waals surface area contributed by atoms with Crippen molar-refractivity contribution in [3.05, 3.63) is 53.6 Å². The third kappa shape index (κ3) is 4.64. The molecule has 1 saturated heterocycles. The van der Waals surface area contributed by atoms with Crippen molar-refractivity contribution in [2.75, 3.05) is 50.2 Å². The Balaban J connectivity index is 1.50. The van der Waals surface area contributed by atoms with E-state index in [4.69, 9.17) is 4.74 Å². The van der Waals surface area contributed by atoms with Gasteiger partial charge >= 0.3 is 0 Å². The first-order chi connectivity index (χ1) is 15.0. The van der Waals surface area contributed by atoms with Crippen molar-refractivity contribution in [3.63, 3.8) is 0 Å². The number of hydrogen-bond donors (Lipinski definition) is 1. The molecule has 4 rings (SSSR count). The van der Waals surface area contributed by atoms with Gasteiger partial charge in [-0.05, 0) is 19.1 Å². The Bertz CT molecular complexity index is 1040.